The molecule has 0 saturated carbocycles. The van der Waals surface area contributed by atoms with Gasteiger partial charge in [-0.05, 0) is 6.92 Å². The van der Waals surface area contributed by atoms with Crippen LogP contribution in [0.1, 0.15) is 29.1 Å². The van der Waals surface area contributed by atoms with Gasteiger partial charge < -0.3 is 9.52 Å². The maximum absolute atomic E-state index is 10.3. The Morgan fingerprint density at radius 1 is 1.73 bits per heavy atom. The molecule has 1 rings (SSSR count). The lowest BCUT2D eigenvalue weighted by atomic mass is 10.3. The third-order valence-corrected chi connectivity index (χ3v) is 1.40. The summed E-state index contributed by atoms with van der Waals surface area (Å²) in [5.41, 5.74) is 0.657. The predicted octanol–water partition coefficient (Wildman–Crippen LogP) is 1.24. The number of carboxylic acid groups (broad SMARTS) is 1. The normalized spacial score (nSPS) is 10.0. The molecule has 0 amide bonds. The second-order valence-electron chi connectivity index (χ2n) is 2.19. The molecule has 4 heteroatoms. The minimum Gasteiger partial charge on any atom is -0.474 e. The molecular weight excluding hydrogens is 146 g/mol. The Kier molecular flexibility index (Phi) is 1.94. The molecule has 4 nitrogen and oxygen atoms in total. The van der Waals surface area contributed by atoms with Gasteiger partial charge in [0.15, 0.2) is 0 Å². The van der Waals surface area contributed by atoms with E-state index in [0.29, 0.717) is 17.9 Å². The van der Waals surface area contributed by atoms with Gasteiger partial charge in [0.1, 0.15) is 5.76 Å². The van der Waals surface area contributed by atoms with Crippen LogP contribution in [-0.2, 0) is 6.42 Å². The summed E-state index contributed by atoms with van der Waals surface area (Å²) in [5, 5.41) is 8.46. The number of aryl methyl sites for hydroxylation is 2. The van der Waals surface area contributed by atoms with Crippen molar-refractivity contribution in [1.82, 2.24) is 4.98 Å². The number of aromatic carboxylic acids is 1. The molecule has 1 N–H and O–H groups in total. The van der Waals surface area contributed by atoms with Crippen LogP contribution in [0, 0.1) is 6.92 Å². The molecule has 0 unspecified atom stereocenters. The first-order valence-electron chi connectivity index (χ1n) is 3.34. The van der Waals surface area contributed by atoms with Crippen molar-refractivity contribution in [3.05, 3.63) is 17.3 Å². The Balaban J connectivity index is 3.05. The van der Waals surface area contributed by atoms with E-state index in [2.05, 4.69) is 4.98 Å². The highest BCUT2D eigenvalue weighted by atomic mass is 16.4. The summed E-state index contributed by atoms with van der Waals surface area (Å²) < 4.78 is 4.91. The monoisotopic (exact) mass is 155 g/mol. The van der Waals surface area contributed by atoms with Gasteiger partial charge in [-0.2, -0.15) is 0 Å². The quantitative estimate of drug-likeness (QED) is 0.697. The van der Waals surface area contributed by atoms with E-state index in [1.807, 2.05) is 6.92 Å². The molecule has 0 aliphatic carbocycles. The zero-order valence-electron chi connectivity index (χ0n) is 6.42. The van der Waals surface area contributed by atoms with Gasteiger partial charge in [-0.25, -0.2) is 9.78 Å². The summed E-state index contributed by atoms with van der Waals surface area (Å²) in [6.45, 7) is 3.62. The Morgan fingerprint density at radius 2 is 2.36 bits per heavy atom. The van der Waals surface area contributed by atoms with Gasteiger partial charge in [0.2, 0.25) is 0 Å². The zero-order chi connectivity index (χ0) is 8.43. The molecule has 0 aliphatic rings. The summed E-state index contributed by atoms with van der Waals surface area (Å²) in [4.78, 5) is 14.0. The van der Waals surface area contributed by atoms with Crippen LogP contribution in [0.3, 0.4) is 0 Å². The Morgan fingerprint density at radius 3 is 2.64 bits per heavy atom. The number of carbonyl (C=O) groups is 1. The van der Waals surface area contributed by atoms with Crippen LogP contribution in [-0.4, -0.2) is 16.1 Å². The number of nitrogens with zero attached hydrogens (tertiary/aromatic N) is 1. The lowest BCUT2D eigenvalue weighted by molar-refractivity contribution is 0.0652. The highest BCUT2D eigenvalue weighted by molar-refractivity contribution is 5.82. The number of carboxylic acids is 1. The lowest BCUT2D eigenvalue weighted by Gasteiger charge is -1.85. The second-order valence-corrected chi connectivity index (χ2v) is 2.19. The molecule has 0 radical (unpaired) electrons. The van der Waals surface area contributed by atoms with Crippen molar-refractivity contribution in [1.29, 1.82) is 0 Å². The van der Waals surface area contributed by atoms with Crippen molar-refractivity contribution in [3.8, 4) is 0 Å². The van der Waals surface area contributed by atoms with Crippen LogP contribution in [0.5, 0.6) is 0 Å². The molecule has 0 aliphatic heterocycles. The van der Waals surface area contributed by atoms with Crippen LogP contribution < -0.4 is 0 Å². The van der Waals surface area contributed by atoms with Crippen molar-refractivity contribution in [2.75, 3.05) is 0 Å². The summed E-state index contributed by atoms with van der Waals surface area (Å²) in [7, 11) is 0. The average molecular weight is 155 g/mol. The largest absolute Gasteiger partial charge is 0.474 e. The molecule has 1 heterocycles. The zero-order valence-corrected chi connectivity index (χ0v) is 6.42. The molecule has 0 saturated heterocycles. The Labute approximate surface area is 63.9 Å². The topological polar surface area (TPSA) is 63.3 Å². The third kappa shape index (κ3) is 1.39. The first kappa shape index (κ1) is 7.78. The van der Waals surface area contributed by atoms with E-state index in [0.717, 1.165) is 0 Å². The summed E-state index contributed by atoms with van der Waals surface area (Å²) in [5.74, 6) is -0.699. The van der Waals surface area contributed by atoms with Crippen LogP contribution in [0.15, 0.2) is 4.42 Å². The van der Waals surface area contributed by atoms with E-state index in [1.54, 1.807) is 6.92 Å². The summed E-state index contributed by atoms with van der Waals surface area (Å²) in [6, 6.07) is 0. The van der Waals surface area contributed by atoms with E-state index in [1.165, 1.54) is 0 Å². The summed E-state index contributed by atoms with van der Waals surface area (Å²) >= 11 is 0. The van der Waals surface area contributed by atoms with Gasteiger partial charge in [-0.15, -0.1) is 0 Å². The third-order valence-electron chi connectivity index (χ3n) is 1.40. The minimum absolute atomic E-state index is 0.223. The minimum atomic E-state index is -1.12. The van der Waals surface area contributed by atoms with Gasteiger partial charge in [0.25, 0.3) is 0 Å². The fourth-order valence-electron chi connectivity index (χ4n) is 0.848. The van der Waals surface area contributed by atoms with E-state index in [-0.39, 0.29) is 5.89 Å². The molecule has 60 valence electrons. The number of hydrogen-bond donors (Lipinski definition) is 1. The van der Waals surface area contributed by atoms with Crippen molar-refractivity contribution in [3.63, 3.8) is 0 Å². The van der Waals surface area contributed by atoms with Crippen LogP contribution in [0.25, 0.3) is 0 Å². The standard InChI is InChI=1S/C7H9NO3/c1-3-5-4(2)8-6(11-5)7(9)10/h3H2,1-2H3,(H,9,10). The molecule has 0 aromatic carbocycles. The van der Waals surface area contributed by atoms with Crippen molar-refractivity contribution < 1.29 is 14.3 Å². The van der Waals surface area contributed by atoms with Gasteiger partial charge in [0.05, 0.1) is 5.69 Å². The van der Waals surface area contributed by atoms with Crippen molar-refractivity contribution >= 4 is 5.97 Å². The van der Waals surface area contributed by atoms with Crippen LogP contribution in [0.4, 0.5) is 0 Å². The number of rotatable bonds is 2. The predicted molar refractivity (Wildman–Crippen MR) is 37.6 cm³/mol. The molecule has 0 spiro atoms. The van der Waals surface area contributed by atoms with Gasteiger partial charge in [-0.1, -0.05) is 6.92 Å². The molecular formula is C7H9NO3. The Bertz CT molecular complexity index is 277. The van der Waals surface area contributed by atoms with Crippen LogP contribution >= 0.6 is 0 Å². The Hall–Kier alpha value is -1.32. The molecule has 0 bridgehead atoms. The van der Waals surface area contributed by atoms with Gasteiger partial charge in [0, 0.05) is 6.42 Å². The summed E-state index contributed by atoms with van der Waals surface area (Å²) in [6.07, 6.45) is 0.673. The number of aromatic nitrogens is 1. The van der Waals surface area contributed by atoms with E-state index < -0.39 is 5.97 Å². The number of oxazole rings is 1. The fourth-order valence-corrected chi connectivity index (χ4v) is 0.848. The molecule has 0 fully saturated rings. The number of hydrogen-bond acceptors (Lipinski definition) is 3. The van der Waals surface area contributed by atoms with E-state index in [4.69, 9.17) is 9.52 Å². The first-order valence-corrected chi connectivity index (χ1v) is 3.34. The second kappa shape index (κ2) is 2.74. The van der Waals surface area contributed by atoms with Crippen LogP contribution in [0.2, 0.25) is 0 Å². The van der Waals surface area contributed by atoms with Gasteiger partial charge >= 0.3 is 11.9 Å². The highest BCUT2D eigenvalue weighted by Gasteiger charge is 2.13. The van der Waals surface area contributed by atoms with E-state index in [9.17, 15) is 4.79 Å². The molecule has 0 atom stereocenters. The SMILES string of the molecule is CCc1oc(C(=O)O)nc1C. The highest BCUT2D eigenvalue weighted by Crippen LogP contribution is 2.09. The van der Waals surface area contributed by atoms with Gasteiger partial charge in [-0.3, -0.25) is 0 Å². The first-order chi connectivity index (χ1) is 5.15. The maximum atomic E-state index is 10.3. The maximum Gasteiger partial charge on any atom is 0.392 e. The van der Waals surface area contributed by atoms with E-state index >= 15 is 0 Å². The van der Waals surface area contributed by atoms with Crippen molar-refractivity contribution in [2.45, 2.75) is 20.3 Å². The fraction of sp³-hybridized carbons (Fsp3) is 0.429. The smallest absolute Gasteiger partial charge is 0.392 e. The average Bonchev–Trinajstić information content (AvgIpc) is 2.31. The van der Waals surface area contributed by atoms with Crippen molar-refractivity contribution in [2.24, 2.45) is 0 Å². The molecule has 1 aromatic heterocycles. The molecule has 1 aromatic rings. The molecule has 11 heavy (non-hydrogen) atoms. The lowest BCUT2D eigenvalue weighted by Crippen LogP contribution is -1.95.